The fraction of sp³-hybridized carbons (Fsp3) is 0.344. The van der Waals surface area contributed by atoms with Crippen LogP contribution in [0.2, 0.25) is 5.02 Å². The number of pyridine rings is 1. The quantitative estimate of drug-likeness (QED) is 0.0963. The number of halogens is 1. The van der Waals surface area contributed by atoms with E-state index in [0.29, 0.717) is 29.1 Å². The van der Waals surface area contributed by atoms with Crippen LogP contribution in [0.15, 0.2) is 81.6 Å². The Morgan fingerprint density at radius 2 is 1.51 bits per heavy atom. The van der Waals surface area contributed by atoms with Gasteiger partial charge in [-0.15, -0.1) is 0 Å². The summed E-state index contributed by atoms with van der Waals surface area (Å²) in [4.78, 5) is 35.9. The van der Waals surface area contributed by atoms with E-state index in [1.54, 1.807) is 24.9 Å². The molecule has 2 aromatic heterocycles. The summed E-state index contributed by atoms with van der Waals surface area (Å²) in [5.41, 5.74) is 5.06. The maximum atomic E-state index is 13.2. The number of nitrogens with one attached hydrogen (secondary N) is 2. The Morgan fingerprint density at radius 3 is 2.28 bits per heavy atom. The molecule has 0 aliphatic carbocycles. The second kappa shape index (κ2) is 14.9. The van der Waals surface area contributed by atoms with Crippen molar-refractivity contribution in [2.75, 3.05) is 5.75 Å². The van der Waals surface area contributed by atoms with Crippen LogP contribution in [-0.2, 0) is 19.3 Å². The standard InChI is InChI=1S/C32H36ClN3O2S/c1-23-26(18-19-34-30(23)37)22-28-29(21-25-12-8-6-9-13-25)35-32(36-31(28)38)39-20-10-5-3-2-4-7-11-24-14-16-27(33)17-15-24/h6,8-9,12-19H,2-5,7,10-11,20-22H2,1H3,(H,34,37)(H,35,36,38). The molecule has 0 amide bonds. The molecule has 0 unspecified atom stereocenters. The summed E-state index contributed by atoms with van der Waals surface area (Å²) >= 11 is 7.57. The minimum absolute atomic E-state index is 0.126. The third kappa shape index (κ3) is 8.97. The van der Waals surface area contributed by atoms with E-state index >= 15 is 0 Å². The Kier molecular flexibility index (Phi) is 11.0. The van der Waals surface area contributed by atoms with E-state index in [-0.39, 0.29) is 11.1 Å². The van der Waals surface area contributed by atoms with E-state index in [4.69, 9.17) is 16.6 Å². The molecule has 0 spiro atoms. The Hall–Kier alpha value is -3.09. The van der Waals surface area contributed by atoms with E-state index in [9.17, 15) is 9.59 Å². The van der Waals surface area contributed by atoms with Gasteiger partial charge < -0.3 is 9.97 Å². The lowest BCUT2D eigenvalue weighted by Crippen LogP contribution is -2.21. The first-order chi connectivity index (χ1) is 19.0. The first-order valence-corrected chi connectivity index (χ1v) is 15.1. The maximum absolute atomic E-state index is 13.2. The van der Waals surface area contributed by atoms with Gasteiger partial charge in [-0.2, -0.15) is 0 Å². The molecule has 0 bridgehead atoms. The molecule has 0 saturated heterocycles. The smallest absolute Gasteiger partial charge is 0.255 e. The average molecular weight is 562 g/mol. The molecule has 5 nitrogen and oxygen atoms in total. The molecular weight excluding hydrogens is 526 g/mol. The van der Waals surface area contributed by atoms with E-state index in [1.165, 1.54) is 37.7 Å². The highest BCUT2D eigenvalue weighted by atomic mass is 35.5. The minimum atomic E-state index is -0.129. The zero-order chi connectivity index (χ0) is 27.5. The number of hydrogen-bond acceptors (Lipinski definition) is 4. The summed E-state index contributed by atoms with van der Waals surface area (Å²) in [6, 6.07) is 20.1. The number of aryl methyl sites for hydroxylation is 1. The van der Waals surface area contributed by atoms with Crippen molar-refractivity contribution >= 4 is 23.4 Å². The highest BCUT2D eigenvalue weighted by Crippen LogP contribution is 2.20. The van der Waals surface area contributed by atoms with Crippen LogP contribution in [0.25, 0.3) is 0 Å². The van der Waals surface area contributed by atoms with Crippen LogP contribution in [0.5, 0.6) is 0 Å². The van der Waals surface area contributed by atoms with Crippen LogP contribution in [0.3, 0.4) is 0 Å². The Bertz CT molecular complexity index is 1450. The Labute approximate surface area is 239 Å². The highest BCUT2D eigenvalue weighted by molar-refractivity contribution is 7.99. The van der Waals surface area contributed by atoms with Gasteiger partial charge in [-0.3, -0.25) is 9.59 Å². The average Bonchev–Trinajstić information content (AvgIpc) is 2.93. The van der Waals surface area contributed by atoms with Gasteiger partial charge in [-0.25, -0.2) is 4.98 Å². The van der Waals surface area contributed by atoms with Crippen LogP contribution in [-0.4, -0.2) is 20.7 Å². The normalized spacial score (nSPS) is 11.1. The molecule has 39 heavy (non-hydrogen) atoms. The van der Waals surface area contributed by atoms with Crippen LogP contribution >= 0.6 is 23.4 Å². The Morgan fingerprint density at radius 1 is 0.795 bits per heavy atom. The van der Waals surface area contributed by atoms with Crippen LogP contribution in [0.4, 0.5) is 0 Å². The fourth-order valence-corrected chi connectivity index (χ4v) is 5.65. The second-order valence-electron chi connectivity index (χ2n) is 9.94. The number of rotatable bonds is 14. The zero-order valence-corrected chi connectivity index (χ0v) is 24.0. The molecule has 2 aromatic carbocycles. The molecule has 204 valence electrons. The molecule has 0 fully saturated rings. The van der Waals surface area contributed by atoms with Gasteiger partial charge in [0.2, 0.25) is 0 Å². The summed E-state index contributed by atoms with van der Waals surface area (Å²) in [5.74, 6) is 0.922. The van der Waals surface area contributed by atoms with Crippen molar-refractivity contribution in [1.82, 2.24) is 15.0 Å². The molecule has 0 aliphatic heterocycles. The van der Waals surface area contributed by atoms with Crippen molar-refractivity contribution in [2.24, 2.45) is 0 Å². The maximum Gasteiger partial charge on any atom is 0.255 e. The van der Waals surface area contributed by atoms with Gasteiger partial charge in [0.1, 0.15) is 0 Å². The summed E-state index contributed by atoms with van der Waals surface area (Å²) in [7, 11) is 0. The van der Waals surface area contributed by atoms with Gasteiger partial charge in [0, 0.05) is 40.9 Å². The molecule has 0 aliphatic rings. The number of thioether (sulfide) groups is 1. The van der Waals surface area contributed by atoms with Gasteiger partial charge in [0.25, 0.3) is 11.1 Å². The van der Waals surface area contributed by atoms with Crippen molar-refractivity contribution in [1.29, 1.82) is 0 Å². The number of aromatic amines is 2. The lowest BCUT2D eigenvalue weighted by molar-refractivity contribution is 0.609. The van der Waals surface area contributed by atoms with Crippen molar-refractivity contribution in [3.05, 3.63) is 126 Å². The van der Waals surface area contributed by atoms with E-state index < -0.39 is 0 Å². The number of aromatic nitrogens is 3. The second-order valence-corrected chi connectivity index (χ2v) is 11.5. The molecule has 0 radical (unpaired) electrons. The molecule has 2 heterocycles. The lowest BCUT2D eigenvalue weighted by Gasteiger charge is -2.12. The fourth-order valence-electron chi connectivity index (χ4n) is 4.64. The first-order valence-electron chi connectivity index (χ1n) is 13.7. The largest absolute Gasteiger partial charge is 0.329 e. The number of H-pyrrole nitrogens is 2. The van der Waals surface area contributed by atoms with E-state index in [1.807, 2.05) is 48.5 Å². The van der Waals surface area contributed by atoms with E-state index in [2.05, 4.69) is 22.1 Å². The van der Waals surface area contributed by atoms with Crippen LogP contribution < -0.4 is 11.1 Å². The monoisotopic (exact) mass is 561 g/mol. The summed E-state index contributed by atoms with van der Waals surface area (Å²) in [6.45, 7) is 1.79. The third-order valence-electron chi connectivity index (χ3n) is 6.99. The van der Waals surface area contributed by atoms with Crippen LogP contribution in [0.1, 0.15) is 72.0 Å². The topological polar surface area (TPSA) is 78.6 Å². The van der Waals surface area contributed by atoms with Crippen molar-refractivity contribution in [2.45, 2.75) is 69.9 Å². The van der Waals surface area contributed by atoms with Crippen molar-refractivity contribution in [3.63, 3.8) is 0 Å². The number of benzene rings is 2. The number of hydrogen-bond donors (Lipinski definition) is 2. The highest BCUT2D eigenvalue weighted by Gasteiger charge is 2.15. The van der Waals surface area contributed by atoms with Gasteiger partial charge in [-0.1, -0.05) is 91.5 Å². The molecule has 0 atom stereocenters. The molecule has 7 heteroatoms. The number of nitrogens with zero attached hydrogens (tertiary/aromatic N) is 1. The van der Waals surface area contributed by atoms with Crippen molar-refractivity contribution < 1.29 is 0 Å². The predicted octanol–water partition coefficient (Wildman–Crippen LogP) is 7.28. The summed E-state index contributed by atoms with van der Waals surface area (Å²) in [6.07, 6.45) is 10.9. The van der Waals surface area contributed by atoms with Gasteiger partial charge in [0.05, 0.1) is 5.69 Å². The zero-order valence-electron chi connectivity index (χ0n) is 22.5. The van der Waals surface area contributed by atoms with Crippen molar-refractivity contribution in [3.8, 4) is 0 Å². The SMILES string of the molecule is Cc1c(Cc2c(Cc3ccccc3)nc(SCCCCCCCCc3ccc(Cl)cc3)[nH]c2=O)cc[nH]c1=O. The van der Waals surface area contributed by atoms with Crippen LogP contribution in [0, 0.1) is 6.92 Å². The van der Waals surface area contributed by atoms with E-state index in [0.717, 1.165) is 40.4 Å². The molecule has 2 N–H and O–H groups in total. The lowest BCUT2D eigenvalue weighted by atomic mass is 9.99. The van der Waals surface area contributed by atoms with Gasteiger partial charge >= 0.3 is 0 Å². The number of unbranched alkanes of at least 4 members (excludes halogenated alkanes) is 5. The predicted molar refractivity (Wildman–Crippen MR) is 162 cm³/mol. The van der Waals surface area contributed by atoms with Gasteiger partial charge in [-0.05, 0) is 61.1 Å². The summed E-state index contributed by atoms with van der Waals surface area (Å²) < 4.78 is 0. The third-order valence-corrected chi connectivity index (χ3v) is 8.21. The molecule has 0 saturated carbocycles. The Balaban J connectivity index is 1.30. The van der Waals surface area contributed by atoms with Gasteiger partial charge in [0.15, 0.2) is 5.16 Å². The first kappa shape index (κ1) is 28.9. The molecular formula is C32H36ClN3O2S. The summed E-state index contributed by atoms with van der Waals surface area (Å²) in [5, 5.41) is 1.46. The molecule has 4 rings (SSSR count). The minimum Gasteiger partial charge on any atom is -0.329 e. The molecule has 4 aromatic rings.